The van der Waals surface area contributed by atoms with Gasteiger partial charge >= 0.3 is 0 Å². The summed E-state index contributed by atoms with van der Waals surface area (Å²) in [6, 6.07) is 5.37. The first-order valence-corrected chi connectivity index (χ1v) is 8.66. The smallest absolute Gasteiger partial charge is 0.149 e. The zero-order valence-corrected chi connectivity index (χ0v) is 13.3. The minimum atomic E-state index is -3.04. The van der Waals surface area contributed by atoms with E-state index in [-0.39, 0.29) is 18.1 Å². The summed E-state index contributed by atoms with van der Waals surface area (Å²) in [7, 11) is -1.35. The molecule has 6 heteroatoms. The molecule has 0 aromatic heterocycles. The number of sulfone groups is 1. The number of hydrogen-bond donors (Lipinski definition) is 1. The minimum absolute atomic E-state index is 0.0135. The molecule has 114 valence electrons. The summed E-state index contributed by atoms with van der Waals surface area (Å²) >= 11 is 0. The largest absolute Gasteiger partial charge is 0.371 e. The summed E-state index contributed by atoms with van der Waals surface area (Å²) in [5.41, 5.74) is 1.29. The van der Waals surface area contributed by atoms with Gasteiger partial charge in [-0.05, 0) is 17.7 Å². The zero-order valence-electron chi connectivity index (χ0n) is 12.5. The third-order valence-corrected chi connectivity index (χ3v) is 3.86. The van der Waals surface area contributed by atoms with Crippen molar-refractivity contribution < 1.29 is 12.8 Å². The molecule has 0 aliphatic carbocycles. The van der Waals surface area contributed by atoms with Crippen LogP contribution in [0.25, 0.3) is 0 Å². The topological polar surface area (TPSA) is 49.4 Å². The van der Waals surface area contributed by atoms with E-state index >= 15 is 0 Å². The Morgan fingerprint density at radius 1 is 1.35 bits per heavy atom. The predicted octanol–water partition coefficient (Wildman–Crippen LogP) is 1.80. The van der Waals surface area contributed by atoms with E-state index < -0.39 is 9.84 Å². The van der Waals surface area contributed by atoms with Gasteiger partial charge in [0, 0.05) is 32.4 Å². The number of nitrogens with one attached hydrogen (secondary N) is 1. The van der Waals surface area contributed by atoms with Crippen molar-refractivity contribution in [2.24, 2.45) is 0 Å². The van der Waals surface area contributed by atoms with E-state index in [9.17, 15) is 12.8 Å². The van der Waals surface area contributed by atoms with Gasteiger partial charge in [-0.2, -0.15) is 0 Å². The molecule has 0 fully saturated rings. The first-order valence-electron chi connectivity index (χ1n) is 6.59. The second-order valence-electron chi connectivity index (χ2n) is 5.37. The first-order chi connectivity index (χ1) is 9.19. The third kappa shape index (κ3) is 5.88. The van der Waals surface area contributed by atoms with Gasteiger partial charge in [0.1, 0.15) is 15.7 Å². The molecular formula is C14H23FN2O2S. The Morgan fingerprint density at radius 2 is 2.00 bits per heavy atom. The lowest BCUT2D eigenvalue weighted by Gasteiger charge is -2.20. The van der Waals surface area contributed by atoms with Gasteiger partial charge in [-0.1, -0.05) is 19.9 Å². The highest BCUT2D eigenvalue weighted by Crippen LogP contribution is 2.19. The first kappa shape index (κ1) is 16.9. The Bertz CT molecular complexity index is 544. The van der Waals surface area contributed by atoms with Crippen LogP contribution < -0.4 is 10.2 Å². The molecule has 0 unspecified atom stereocenters. The second-order valence-corrected chi connectivity index (χ2v) is 7.63. The monoisotopic (exact) mass is 302 g/mol. The lowest BCUT2D eigenvalue weighted by molar-refractivity contribution is 0.580. The lowest BCUT2D eigenvalue weighted by atomic mass is 10.1. The third-order valence-electron chi connectivity index (χ3n) is 2.94. The molecular weight excluding hydrogens is 279 g/mol. The number of hydrogen-bond acceptors (Lipinski definition) is 4. The maximum absolute atomic E-state index is 14.0. The maximum Gasteiger partial charge on any atom is 0.149 e. The molecule has 0 saturated heterocycles. The Hall–Kier alpha value is -1.14. The summed E-state index contributed by atoms with van der Waals surface area (Å²) in [6.45, 7) is 4.95. The van der Waals surface area contributed by atoms with Gasteiger partial charge < -0.3 is 10.2 Å². The molecule has 0 saturated carbocycles. The van der Waals surface area contributed by atoms with E-state index in [0.29, 0.717) is 18.3 Å². The van der Waals surface area contributed by atoms with E-state index in [2.05, 4.69) is 5.32 Å². The Morgan fingerprint density at radius 3 is 2.50 bits per heavy atom. The highest BCUT2D eigenvalue weighted by molar-refractivity contribution is 7.90. The average molecular weight is 302 g/mol. The molecule has 0 amide bonds. The van der Waals surface area contributed by atoms with Gasteiger partial charge in [0.15, 0.2) is 0 Å². The second kappa shape index (κ2) is 7.04. The molecule has 1 aromatic carbocycles. The van der Waals surface area contributed by atoms with Crippen LogP contribution >= 0.6 is 0 Å². The van der Waals surface area contributed by atoms with Crippen molar-refractivity contribution in [1.82, 2.24) is 5.32 Å². The van der Waals surface area contributed by atoms with Gasteiger partial charge in [0.25, 0.3) is 0 Å². The van der Waals surface area contributed by atoms with Crippen molar-refractivity contribution in [3.63, 3.8) is 0 Å². The molecule has 1 aromatic rings. The molecule has 0 heterocycles. The van der Waals surface area contributed by atoms with Crippen LogP contribution in [-0.4, -0.2) is 40.1 Å². The highest BCUT2D eigenvalue weighted by Gasteiger charge is 2.11. The average Bonchev–Trinajstić information content (AvgIpc) is 2.32. The van der Waals surface area contributed by atoms with Crippen LogP contribution in [0.3, 0.4) is 0 Å². The van der Waals surface area contributed by atoms with Crippen LogP contribution in [0.15, 0.2) is 18.2 Å². The van der Waals surface area contributed by atoms with E-state index in [4.69, 9.17) is 0 Å². The number of halogens is 1. The van der Waals surface area contributed by atoms with Crippen LogP contribution in [0.5, 0.6) is 0 Å². The molecule has 0 spiro atoms. The summed E-state index contributed by atoms with van der Waals surface area (Å²) in [4.78, 5) is 1.62. The molecule has 0 aliphatic heterocycles. The molecule has 1 rings (SSSR count). The molecule has 20 heavy (non-hydrogen) atoms. The Balaban J connectivity index is 2.72. The van der Waals surface area contributed by atoms with Crippen LogP contribution in [0.1, 0.15) is 19.4 Å². The Labute approximate surface area is 120 Å². The summed E-state index contributed by atoms with van der Waals surface area (Å²) in [6.07, 6.45) is 1.18. The van der Waals surface area contributed by atoms with Crippen LogP contribution in [-0.2, 0) is 16.4 Å². The van der Waals surface area contributed by atoms with Crippen LogP contribution in [0.2, 0.25) is 0 Å². The number of nitrogens with zero attached hydrogens (tertiary/aromatic N) is 1. The molecule has 0 aliphatic rings. The SMILES string of the molecule is CC(C)NCc1ccc(N(C)CCS(C)(=O)=O)c(F)c1. The Kier molecular flexibility index (Phi) is 5.95. The maximum atomic E-state index is 14.0. The fourth-order valence-corrected chi connectivity index (χ4v) is 2.32. The van der Waals surface area contributed by atoms with Crippen molar-refractivity contribution >= 4 is 15.5 Å². The van der Waals surface area contributed by atoms with Crippen molar-refractivity contribution in [3.05, 3.63) is 29.6 Å². The quantitative estimate of drug-likeness (QED) is 0.834. The predicted molar refractivity (Wildman–Crippen MR) is 81.4 cm³/mol. The van der Waals surface area contributed by atoms with Gasteiger partial charge in [-0.25, -0.2) is 12.8 Å². The van der Waals surface area contributed by atoms with E-state index in [1.165, 1.54) is 12.3 Å². The fourth-order valence-electron chi connectivity index (χ4n) is 1.72. The van der Waals surface area contributed by atoms with E-state index in [1.54, 1.807) is 18.0 Å². The number of benzene rings is 1. The van der Waals surface area contributed by atoms with Gasteiger partial charge in [0.2, 0.25) is 0 Å². The van der Waals surface area contributed by atoms with Crippen molar-refractivity contribution in [2.75, 3.05) is 30.5 Å². The molecule has 1 N–H and O–H groups in total. The fraction of sp³-hybridized carbons (Fsp3) is 0.571. The van der Waals surface area contributed by atoms with Gasteiger partial charge in [-0.3, -0.25) is 0 Å². The number of anilines is 1. The molecule has 0 bridgehead atoms. The number of rotatable bonds is 7. The standard InChI is InChI=1S/C14H23FN2O2S/c1-11(2)16-10-12-5-6-14(13(15)9-12)17(3)7-8-20(4,18)19/h5-6,9,11,16H,7-8,10H2,1-4H3. The van der Waals surface area contributed by atoms with Gasteiger partial charge in [0.05, 0.1) is 11.4 Å². The highest BCUT2D eigenvalue weighted by atomic mass is 32.2. The molecule has 0 radical (unpaired) electrons. The van der Waals surface area contributed by atoms with Crippen LogP contribution in [0, 0.1) is 5.82 Å². The van der Waals surface area contributed by atoms with E-state index in [1.807, 2.05) is 19.9 Å². The normalized spacial score (nSPS) is 11.9. The van der Waals surface area contributed by atoms with Gasteiger partial charge in [-0.15, -0.1) is 0 Å². The summed E-state index contributed by atoms with van der Waals surface area (Å²) in [5, 5.41) is 3.22. The summed E-state index contributed by atoms with van der Waals surface area (Å²) in [5.74, 6) is -0.316. The molecule has 4 nitrogen and oxygen atoms in total. The van der Waals surface area contributed by atoms with E-state index in [0.717, 1.165) is 5.56 Å². The van der Waals surface area contributed by atoms with Crippen molar-refractivity contribution in [2.45, 2.75) is 26.4 Å². The van der Waals surface area contributed by atoms with Crippen molar-refractivity contribution in [3.8, 4) is 0 Å². The van der Waals surface area contributed by atoms with Crippen LogP contribution in [0.4, 0.5) is 10.1 Å². The van der Waals surface area contributed by atoms with Crippen molar-refractivity contribution in [1.29, 1.82) is 0 Å². The zero-order chi connectivity index (χ0) is 15.3. The molecule has 0 atom stereocenters. The lowest BCUT2D eigenvalue weighted by Crippen LogP contribution is -2.26. The minimum Gasteiger partial charge on any atom is -0.371 e. The summed E-state index contributed by atoms with van der Waals surface area (Å²) < 4.78 is 36.3.